The lowest BCUT2D eigenvalue weighted by atomic mass is 9.74. The lowest BCUT2D eigenvalue weighted by Gasteiger charge is -2.42. The number of aromatic hydroxyl groups is 1. The van der Waals surface area contributed by atoms with Gasteiger partial charge in [0.05, 0.1) is 12.4 Å². The van der Waals surface area contributed by atoms with Gasteiger partial charge in [-0.15, -0.1) is 0 Å². The zero-order valence-corrected chi connectivity index (χ0v) is 15.1. The normalized spacial score (nSPS) is 22.4. The average Bonchev–Trinajstić information content (AvgIpc) is 2.97. The molecule has 0 bridgehead atoms. The molecule has 1 spiro atoms. The van der Waals surface area contributed by atoms with Gasteiger partial charge in [0.2, 0.25) is 0 Å². The fourth-order valence-electron chi connectivity index (χ4n) is 4.16. The van der Waals surface area contributed by atoms with Crippen LogP contribution in [0.4, 0.5) is 5.82 Å². The van der Waals surface area contributed by atoms with Crippen molar-refractivity contribution in [2.45, 2.75) is 48.1 Å². The molecule has 1 aliphatic carbocycles. The van der Waals surface area contributed by atoms with Gasteiger partial charge in [-0.05, 0) is 49.3 Å². The summed E-state index contributed by atoms with van der Waals surface area (Å²) in [4.78, 5) is 12.4. The van der Waals surface area contributed by atoms with Crippen LogP contribution in [0.15, 0.2) is 46.6 Å². The van der Waals surface area contributed by atoms with Crippen molar-refractivity contribution in [1.29, 1.82) is 0 Å². The van der Waals surface area contributed by atoms with Crippen molar-refractivity contribution in [2.75, 3.05) is 18.0 Å². The molecule has 3 N–H and O–H groups in total. The minimum atomic E-state index is 0.266. The fraction of sp³-hybridized carbons (Fsp3) is 0.474. The number of benzene rings is 1. The van der Waals surface area contributed by atoms with E-state index in [9.17, 15) is 5.11 Å². The average molecular weight is 356 g/mol. The van der Waals surface area contributed by atoms with Gasteiger partial charge >= 0.3 is 0 Å². The molecule has 1 aliphatic heterocycles. The standard InChI is InChI=1S/C19H24N4OS/c20-16-5-2-6-19(16)7-9-23(10-8-19)17-12-22-18(13-21-17)25-15-4-1-3-14(24)11-15/h1,3-4,11-13,16,24H,2,5-10,20H2/t16-/m1/s1. The Hall–Kier alpha value is -1.79. The number of rotatable bonds is 3. The fourth-order valence-corrected chi connectivity index (χ4v) is 4.94. The molecule has 0 unspecified atom stereocenters. The van der Waals surface area contributed by atoms with Gasteiger partial charge in [-0.2, -0.15) is 0 Å². The van der Waals surface area contributed by atoms with Crippen molar-refractivity contribution in [3.63, 3.8) is 0 Å². The Morgan fingerprint density at radius 3 is 2.64 bits per heavy atom. The monoisotopic (exact) mass is 356 g/mol. The molecule has 0 amide bonds. The van der Waals surface area contributed by atoms with Crippen LogP contribution in [0.25, 0.3) is 0 Å². The molecular weight excluding hydrogens is 332 g/mol. The van der Waals surface area contributed by atoms with Crippen LogP contribution >= 0.6 is 11.8 Å². The number of piperidine rings is 1. The molecule has 4 rings (SSSR count). The van der Waals surface area contributed by atoms with Crippen LogP contribution in [0.3, 0.4) is 0 Å². The van der Waals surface area contributed by atoms with Crippen LogP contribution in [-0.2, 0) is 0 Å². The third-order valence-electron chi connectivity index (χ3n) is 5.71. The van der Waals surface area contributed by atoms with Crippen molar-refractivity contribution in [2.24, 2.45) is 11.1 Å². The second kappa shape index (κ2) is 6.84. The molecular formula is C19H24N4OS. The van der Waals surface area contributed by atoms with Crippen LogP contribution in [0.2, 0.25) is 0 Å². The van der Waals surface area contributed by atoms with E-state index >= 15 is 0 Å². The van der Waals surface area contributed by atoms with Crippen molar-refractivity contribution in [1.82, 2.24) is 9.97 Å². The third-order valence-corrected chi connectivity index (χ3v) is 6.62. The van der Waals surface area contributed by atoms with Crippen molar-refractivity contribution < 1.29 is 5.11 Å². The maximum atomic E-state index is 9.55. The molecule has 1 saturated carbocycles. The van der Waals surface area contributed by atoms with Gasteiger partial charge < -0.3 is 15.7 Å². The van der Waals surface area contributed by atoms with E-state index in [0.29, 0.717) is 11.5 Å². The Labute approximate surface area is 152 Å². The summed E-state index contributed by atoms with van der Waals surface area (Å²) >= 11 is 1.50. The summed E-state index contributed by atoms with van der Waals surface area (Å²) in [6.45, 7) is 2.03. The van der Waals surface area contributed by atoms with E-state index in [-0.39, 0.29) is 5.75 Å². The summed E-state index contributed by atoms with van der Waals surface area (Å²) in [5.74, 6) is 1.21. The Kier molecular flexibility index (Phi) is 4.56. The predicted molar refractivity (Wildman–Crippen MR) is 100.0 cm³/mol. The number of anilines is 1. The molecule has 1 aromatic heterocycles. The van der Waals surface area contributed by atoms with Gasteiger partial charge in [0.1, 0.15) is 16.6 Å². The molecule has 2 aromatic rings. The van der Waals surface area contributed by atoms with Gasteiger partial charge in [-0.25, -0.2) is 9.97 Å². The maximum absolute atomic E-state index is 9.55. The number of phenols is 1. The first-order valence-electron chi connectivity index (χ1n) is 8.94. The minimum Gasteiger partial charge on any atom is -0.508 e. The lowest BCUT2D eigenvalue weighted by molar-refractivity contribution is 0.197. The summed E-state index contributed by atoms with van der Waals surface area (Å²) in [7, 11) is 0. The number of hydrogen-bond donors (Lipinski definition) is 2. The highest BCUT2D eigenvalue weighted by Gasteiger charge is 2.42. The topological polar surface area (TPSA) is 75.3 Å². The number of aromatic nitrogens is 2. The Morgan fingerprint density at radius 1 is 1.16 bits per heavy atom. The van der Waals surface area contributed by atoms with E-state index in [2.05, 4.69) is 14.9 Å². The second-order valence-electron chi connectivity index (χ2n) is 7.16. The summed E-state index contributed by atoms with van der Waals surface area (Å²) in [6.07, 6.45) is 9.74. The van der Waals surface area contributed by atoms with Gasteiger partial charge in [-0.1, -0.05) is 24.2 Å². The zero-order chi connectivity index (χ0) is 17.3. The molecule has 5 nitrogen and oxygen atoms in total. The van der Waals surface area contributed by atoms with Crippen molar-refractivity contribution >= 4 is 17.6 Å². The molecule has 1 saturated heterocycles. The zero-order valence-electron chi connectivity index (χ0n) is 14.3. The highest BCUT2D eigenvalue weighted by atomic mass is 32.2. The summed E-state index contributed by atoms with van der Waals surface area (Å²) in [5, 5.41) is 10.4. The van der Waals surface area contributed by atoms with E-state index in [0.717, 1.165) is 41.7 Å². The molecule has 2 fully saturated rings. The maximum Gasteiger partial charge on any atom is 0.147 e. The van der Waals surface area contributed by atoms with Gasteiger partial charge in [0.15, 0.2) is 0 Å². The first-order chi connectivity index (χ1) is 12.1. The van der Waals surface area contributed by atoms with E-state index in [1.165, 1.54) is 31.0 Å². The van der Waals surface area contributed by atoms with E-state index in [1.54, 1.807) is 12.1 Å². The van der Waals surface area contributed by atoms with E-state index in [1.807, 2.05) is 24.5 Å². The molecule has 132 valence electrons. The molecule has 2 aliphatic rings. The lowest BCUT2D eigenvalue weighted by Crippen LogP contribution is -2.47. The first-order valence-corrected chi connectivity index (χ1v) is 9.76. The number of nitrogens with zero attached hydrogens (tertiary/aromatic N) is 3. The van der Waals surface area contributed by atoms with Crippen LogP contribution in [0.1, 0.15) is 32.1 Å². The highest BCUT2D eigenvalue weighted by Crippen LogP contribution is 2.45. The van der Waals surface area contributed by atoms with E-state index in [4.69, 9.17) is 5.73 Å². The van der Waals surface area contributed by atoms with Crippen LogP contribution < -0.4 is 10.6 Å². The Balaban J connectivity index is 1.39. The van der Waals surface area contributed by atoms with Gasteiger partial charge in [-0.3, -0.25) is 0 Å². The SMILES string of the molecule is N[C@@H]1CCCC12CCN(c1cnc(Sc3cccc(O)c3)cn1)CC2. The van der Waals surface area contributed by atoms with Gasteiger partial charge in [0.25, 0.3) is 0 Å². The molecule has 25 heavy (non-hydrogen) atoms. The van der Waals surface area contributed by atoms with E-state index < -0.39 is 0 Å². The highest BCUT2D eigenvalue weighted by molar-refractivity contribution is 7.99. The van der Waals surface area contributed by atoms with Crippen LogP contribution in [-0.4, -0.2) is 34.2 Å². The third kappa shape index (κ3) is 3.46. The second-order valence-corrected chi connectivity index (χ2v) is 8.25. The molecule has 2 heterocycles. The molecule has 1 aromatic carbocycles. The molecule has 6 heteroatoms. The quantitative estimate of drug-likeness (QED) is 0.877. The summed E-state index contributed by atoms with van der Waals surface area (Å²) in [6, 6.07) is 7.56. The van der Waals surface area contributed by atoms with Crippen LogP contribution in [0, 0.1) is 5.41 Å². The predicted octanol–water partition coefficient (Wildman–Crippen LogP) is 3.43. The largest absolute Gasteiger partial charge is 0.508 e. The minimum absolute atomic E-state index is 0.266. The number of nitrogens with two attached hydrogens (primary N) is 1. The Bertz CT molecular complexity index is 728. The van der Waals surface area contributed by atoms with Crippen molar-refractivity contribution in [3.05, 3.63) is 36.7 Å². The van der Waals surface area contributed by atoms with Crippen LogP contribution in [0.5, 0.6) is 5.75 Å². The van der Waals surface area contributed by atoms with Crippen molar-refractivity contribution in [3.8, 4) is 5.75 Å². The molecule has 0 radical (unpaired) electrons. The number of hydrogen-bond acceptors (Lipinski definition) is 6. The van der Waals surface area contributed by atoms with Gasteiger partial charge in [0, 0.05) is 24.0 Å². The smallest absolute Gasteiger partial charge is 0.147 e. The molecule has 1 atom stereocenters. The first kappa shape index (κ1) is 16.7. The summed E-state index contributed by atoms with van der Waals surface area (Å²) in [5.41, 5.74) is 6.74. The number of phenolic OH excluding ortho intramolecular Hbond substituents is 1. The Morgan fingerprint density at radius 2 is 2.00 bits per heavy atom. The summed E-state index contributed by atoms with van der Waals surface area (Å²) < 4.78 is 0.